The fraction of sp³-hybridized carbons (Fsp3) is 1.00. The summed E-state index contributed by atoms with van der Waals surface area (Å²) in [5.41, 5.74) is 0.284. The number of methoxy groups -OCH3 is 1. The van der Waals surface area contributed by atoms with Crippen LogP contribution in [-0.4, -0.2) is 36.2 Å². The second-order valence-corrected chi connectivity index (χ2v) is 4.67. The zero-order chi connectivity index (χ0) is 9.35. The monoisotopic (exact) mass is 171 g/mol. The van der Waals surface area contributed by atoms with Crippen molar-refractivity contribution in [1.82, 2.24) is 4.90 Å². The van der Waals surface area contributed by atoms with Gasteiger partial charge in [0.25, 0.3) is 0 Å². The zero-order valence-electron chi connectivity index (χ0n) is 8.92. The molecule has 1 aliphatic heterocycles. The van der Waals surface area contributed by atoms with Crippen molar-refractivity contribution in [2.45, 2.75) is 51.8 Å². The van der Waals surface area contributed by atoms with Gasteiger partial charge < -0.3 is 4.74 Å². The minimum absolute atomic E-state index is 0.284. The van der Waals surface area contributed by atoms with E-state index in [1.54, 1.807) is 0 Å². The van der Waals surface area contributed by atoms with Crippen molar-refractivity contribution in [3.8, 4) is 0 Å². The van der Waals surface area contributed by atoms with E-state index in [4.69, 9.17) is 4.74 Å². The van der Waals surface area contributed by atoms with E-state index in [9.17, 15) is 0 Å². The molecule has 72 valence electrons. The molecule has 0 spiro atoms. The van der Waals surface area contributed by atoms with Gasteiger partial charge in [-0.2, -0.15) is 0 Å². The highest BCUT2D eigenvalue weighted by Gasteiger charge is 2.36. The van der Waals surface area contributed by atoms with E-state index in [0.717, 1.165) is 0 Å². The van der Waals surface area contributed by atoms with Crippen LogP contribution in [0.25, 0.3) is 0 Å². The average Bonchev–Trinajstić information content (AvgIpc) is 2.29. The Labute approximate surface area is 75.9 Å². The average molecular weight is 171 g/mol. The molecule has 0 radical (unpaired) electrons. The molecule has 2 atom stereocenters. The first kappa shape index (κ1) is 10.0. The summed E-state index contributed by atoms with van der Waals surface area (Å²) < 4.78 is 5.41. The van der Waals surface area contributed by atoms with Crippen molar-refractivity contribution in [2.24, 2.45) is 0 Å². The first-order chi connectivity index (χ1) is 5.46. The van der Waals surface area contributed by atoms with Crippen molar-refractivity contribution in [2.75, 3.05) is 13.7 Å². The molecule has 0 aliphatic carbocycles. The number of likely N-dealkylation sites (tertiary alicyclic amines) is 1. The summed E-state index contributed by atoms with van der Waals surface area (Å²) in [7, 11) is 1.81. The Hall–Kier alpha value is -0.0800. The van der Waals surface area contributed by atoms with Crippen LogP contribution in [0.3, 0.4) is 0 Å². The quantitative estimate of drug-likeness (QED) is 0.597. The van der Waals surface area contributed by atoms with Crippen LogP contribution in [0.1, 0.15) is 34.1 Å². The lowest BCUT2D eigenvalue weighted by Crippen LogP contribution is -2.45. The third-order valence-corrected chi connectivity index (χ3v) is 2.85. The molecule has 1 aliphatic rings. The molecular formula is C10H21NO. The molecular weight excluding hydrogens is 150 g/mol. The second-order valence-electron chi connectivity index (χ2n) is 4.67. The molecule has 1 unspecified atom stereocenters. The SMILES string of the molecule is CO[C@@H]1CCN(C(C)(C)C)C1C. The Kier molecular flexibility index (Phi) is 2.79. The van der Waals surface area contributed by atoms with Gasteiger partial charge >= 0.3 is 0 Å². The van der Waals surface area contributed by atoms with Gasteiger partial charge in [-0.3, -0.25) is 4.90 Å². The highest BCUT2D eigenvalue weighted by molar-refractivity contribution is 4.91. The van der Waals surface area contributed by atoms with Crippen LogP contribution in [0.15, 0.2) is 0 Å². The van der Waals surface area contributed by atoms with Crippen LogP contribution in [0.2, 0.25) is 0 Å². The molecule has 12 heavy (non-hydrogen) atoms. The predicted octanol–water partition coefficient (Wildman–Crippen LogP) is 1.89. The Morgan fingerprint density at radius 2 is 1.92 bits per heavy atom. The normalized spacial score (nSPS) is 32.8. The zero-order valence-corrected chi connectivity index (χ0v) is 8.92. The summed E-state index contributed by atoms with van der Waals surface area (Å²) in [6, 6.07) is 0.565. The van der Waals surface area contributed by atoms with Crippen LogP contribution in [0, 0.1) is 0 Å². The molecule has 1 heterocycles. The number of rotatable bonds is 1. The lowest BCUT2D eigenvalue weighted by molar-refractivity contribution is 0.0444. The molecule has 2 heteroatoms. The van der Waals surface area contributed by atoms with E-state index in [2.05, 4.69) is 32.6 Å². The minimum atomic E-state index is 0.284. The van der Waals surface area contributed by atoms with Gasteiger partial charge in [-0.25, -0.2) is 0 Å². The van der Waals surface area contributed by atoms with E-state index >= 15 is 0 Å². The smallest absolute Gasteiger partial charge is 0.0736 e. The van der Waals surface area contributed by atoms with Gasteiger partial charge in [-0.05, 0) is 34.1 Å². The summed E-state index contributed by atoms with van der Waals surface area (Å²) in [6.07, 6.45) is 1.61. The fourth-order valence-electron chi connectivity index (χ4n) is 2.17. The van der Waals surface area contributed by atoms with Gasteiger partial charge in [0, 0.05) is 25.2 Å². The number of hydrogen-bond acceptors (Lipinski definition) is 2. The molecule has 0 saturated carbocycles. The van der Waals surface area contributed by atoms with Crippen molar-refractivity contribution < 1.29 is 4.74 Å². The maximum Gasteiger partial charge on any atom is 0.0736 e. The van der Waals surface area contributed by atoms with Crippen molar-refractivity contribution in [1.29, 1.82) is 0 Å². The second kappa shape index (κ2) is 3.35. The van der Waals surface area contributed by atoms with E-state index in [0.29, 0.717) is 12.1 Å². The van der Waals surface area contributed by atoms with E-state index in [1.807, 2.05) is 7.11 Å². The summed E-state index contributed by atoms with van der Waals surface area (Å²) in [5, 5.41) is 0. The van der Waals surface area contributed by atoms with Gasteiger partial charge in [0.05, 0.1) is 6.10 Å². The summed E-state index contributed by atoms with van der Waals surface area (Å²) in [6.45, 7) is 10.2. The minimum Gasteiger partial charge on any atom is -0.380 e. The summed E-state index contributed by atoms with van der Waals surface area (Å²) >= 11 is 0. The lowest BCUT2D eigenvalue weighted by atomic mass is 10.0. The highest BCUT2D eigenvalue weighted by Crippen LogP contribution is 2.27. The van der Waals surface area contributed by atoms with Crippen LogP contribution in [0.5, 0.6) is 0 Å². The Bertz CT molecular complexity index is 150. The molecule has 0 N–H and O–H groups in total. The highest BCUT2D eigenvalue weighted by atomic mass is 16.5. The van der Waals surface area contributed by atoms with E-state index < -0.39 is 0 Å². The van der Waals surface area contributed by atoms with Gasteiger partial charge in [0.1, 0.15) is 0 Å². The number of hydrogen-bond donors (Lipinski definition) is 0. The van der Waals surface area contributed by atoms with E-state index in [-0.39, 0.29) is 5.54 Å². The third kappa shape index (κ3) is 1.80. The van der Waals surface area contributed by atoms with Gasteiger partial charge in [-0.15, -0.1) is 0 Å². The lowest BCUT2D eigenvalue weighted by Gasteiger charge is -2.36. The molecule has 0 aromatic rings. The van der Waals surface area contributed by atoms with Gasteiger partial charge in [0.2, 0.25) is 0 Å². The predicted molar refractivity (Wildman–Crippen MR) is 51.3 cm³/mol. The summed E-state index contributed by atoms with van der Waals surface area (Å²) in [4.78, 5) is 2.52. The number of ether oxygens (including phenoxy) is 1. The van der Waals surface area contributed by atoms with Crippen molar-refractivity contribution >= 4 is 0 Å². The fourth-order valence-corrected chi connectivity index (χ4v) is 2.17. The Balaban J connectivity index is 2.61. The Morgan fingerprint density at radius 3 is 2.17 bits per heavy atom. The molecule has 0 aromatic heterocycles. The van der Waals surface area contributed by atoms with Crippen LogP contribution in [-0.2, 0) is 4.74 Å². The molecule has 1 saturated heterocycles. The standard InChI is InChI=1S/C10H21NO/c1-8-9(12-5)6-7-11(8)10(2,3)4/h8-9H,6-7H2,1-5H3/t8?,9-/m1/s1. The first-order valence-electron chi connectivity index (χ1n) is 4.76. The number of nitrogens with zero attached hydrogens (tertiary/aromatic N) is 1. The molecule has 0 bridgehead atoms. The topological polar surface area (TPSA) is 12.5 Å². The molecule has 0 aromatic carbocycles. The Morgan fingerprint density at radius 1 is 1.33 bits per heavy atom. The molecule has 1 fully saturated rings. The van der Waals surface area contributed by atoms with Crippen molar-refractivity contribution in [3.63, 3.8) is 0 Å². The largest absolute Gasteiger partial charge is 0.380 e. The molecule has 1 rings (SSSR count). The maximum atomic E-state index is 5.41. The van der Waals surface area contributed by atoms with Crippen LogP contribution >= 0.6 is 0 Å². The van der Waals surface area contributed by atoms with Crippen LogP contribution in [0.4, 0.5) is 0 Å². The summed E-state index contributed by atoms with van der Waals surface area (Å²) in [5.74, 6) is 0. The first-order valence-corrected chi connectivity index (χ1v) is 4.76. The van der Waals surface area contributed by atoms with Gasteiger partial charge in [-0.1, -0.05) is 0 Å². The maximum absolute atomic E-state index is 5.41. The van der Waals surface area contributed by atoms with Crippen LogP contribution < -0.4 is 0 Å². The molecule has 2 nitrogen and oxygen atoms in total. The van der Waals surface area contributed by atoms with E-state index in [1.165, 1.54) is 13.0 Å². The van der Waals surface area contributed by atoms with Crippen molar-refractivity contribution in [3.05, 3.63) is 0 Å². The molecule has 0 amide bonds. The third-order valence-electron chi connectivity index (χ3n) is 2.85. The van der Waals surface area contributed by atoms with Gasteiger partial charge in [0.15, 0.2) is 0 Å².